The van der Waals surface area contributed by atoms with Gasteiger partial charge in [0.05, 0.1) is 0 Å². The lowest BCUT2D eigenvalue weighted by Crippen LogP contribution is -2.28. The normalized spacial score (nSPS) is 13.8. The molecule has 0 aromatic rings. The Morgan fingerprint density at radius 1 is 0.696 bits per heavy atom. The summed E-state index contributed by atoms with van der Waals surface area (Å²) in [4.78, 5) is 0. The summed E-state index contributed by atoms with van der Waals surface area (Å²) in [5.74, 6) is 0. The van der Waals surface area contributed by atoms with Gasteiger partial charge in [0.15, 0.2) is 19.5 Å². The van der Waals surface area contributed by atoms with Crippen LogP contribution in [0.1, 0.15) is 60.8 Å². The van der Waals surface area contributed by atoms with Crippen LogP contribution in [0.25, 0.3) is 0 Å². The molecule has 0 fully saturated rings. The van der Waals surface area contributed by atoms with Gasteiger partial charge in [-0.15, -0.1) is 0 Å². The standard InChI is InChI=1S/C17H42N2O2Si2/c1-7-20-22-16(3,4)10-14-18-12-9-13-19-15-11-17(5,6)23-21-8-2/h18-19H,7-15,22-23H2,1-6H3. The highest BCUT2D eigenvalue weighted by Gasteiger charge is 2.19. The lowest BCUT2D eigenvalue weighted by atomic mass is 10.1. The molecule has 0 saturated carbocycles. The Morgan fingerprint density at radius 3 is 1.43 bits per heavy atom. The third-order valence-corrected chi connectivity index (χ3v) is 7.55. The zero-order valence-electron chi connectivity index (χ0n) is 16.6. The molecule has 23 heavy (non-hydrogen) atoms. The number of hydrogen-bond acceptors (Lipinski definition) is 4. The van der Waals surface area contributed by atoms with E-state index in [2.05, 4.69) is 52.2 Å². The Kier molecular flexibility index (Phi) is 13.7. The summed E-state index contributed by atoms with van der Waals surface area (Å²) in [6.07, 6.45) is 3.65. The van der Waals surface area contributed by atoms with Gasteiger partial charge in [0.2, 0.25) is 0 Å². The molecule has 0 atom stereocenters. The fourth-order valence-electron chi connectivity index (χ4n) is 2.34. The zero-order valence-corrected chi connectivity index (χ0v) is 19.4. The molecule has 0 aromatic heterocycles. The van der Waals surface area contributed by atoms with Gasteiger partial charge in [-0.1, -0.05) is 27.7 Å². The highest BCUT2D eigenvalue weighted by atomic mass is 28.2. The van der Waals surface area contributed by atoms with Gasteiger partial charge in [-0.25, -0.2) is 0 Å². The molecule has 0 amide bonds. The average Bonchev–Trinajstić information content (AvgIpc) is 2.49. The van der Waals surface area contributed by atoms with Crippen molar-refractivity contribution in [2.75, 3.05) is 39.4 Å². The maximum absolute atomic E-state index is 5.67. The second-order valence-electron chi connectivity index (χ2n) is 7.96. The molecular weight excluding hydrogens is 320 g/mol. The summed E-state index contributed by atoms with van der Waals surface area (Å²) in [7, 11) is -0.782. The first-order valence-electron chi connectivity index (χ1n) is 9.40. The molecule has 4 nitrogen and oxygen atoms in total. The maximum Gasteiger partial charge on any atom is 0.167 e. The molecule has 0 rings (SSSR count). The van der Waals surface area contributed by atoms with E-state index in [0.29, 0.717) is 10.1 Å². The molecule has 0 heterocycles. The molecule has 0 aliphatic carbocycles. The molecule has 6 heteroatoms. The molecule has 0 saturated heterocycles. The van der Waals surface area contributed by atoms with Crippen molar-refractivity contribution in [2.45, 2.75) is 70.9 Å². The van der Waals surface area contributed by atoms with Crippen molar-refractivity contribution in [3.8, 4) is 0 Å². The molecule has 0 aliphatic heterocycles. The Morgan fingerprint density at radius 2 is 1.09 bits per heavy atom. The minimum absolute atomic E-state index is 0.391. The summed E-state index contributed by atoms with van der Waals surface area (Å²) in [6, 6.07) is 0. The third-order valence-electron chi connectivity index (χ3n) is 4.06. The van der Waals surface area contributed by atoms with E-state index in [0.717, 1.165) is 39.4 Å². The molecule has 0 bridgehead atoms. The number of nitrogens with one attached hydrogen (secondary N) is 2. The first-order chi connectivity index (χ1) is 10.8. The molecule has 0 radical (unpaired) electrons. The van der Waals surface area contributed by atoms with Crippen molar-refractivity contribution in [3.63, 3.8) is 0 Å². The molecule has 140 valence electrons. The van der Waals surface area contributed by atoms with Gasteiger partial charge in [-0.2, -0.15) is 0 Å². The Hall–Kier alpha value is 0.274. The molecular formula is C17H42N2O2Si2. The highest BCUT2D eigenvalue weighted by Crippen LogP contribution is 2.27. The van der Waals surface area contributed by atoms with Crippen LogP contribution in [0.3, 0.4) is 0 Å². The fourth-order valence-corrected chi connectivity index (χ4v) is 4.50. The summed E-state index contributed by atoms with van der Waals surface area (Å²) >= 11 is 0. The predicted octanol–water partition coefficient (Wildman–Crippen LogP) is 1.97. The smallest absolute Gasteiger partial charge is 0.167 e. The van der Waals surface area contributed by atoms with Gasteiger partial charge in [-0.3, -0.25) is 0 Å². The van der Waals surface area contributed by atoms with Crippen LogP contribution >= 0.6 is 0 Å². The molecule has 0 aromatic carbocycles. The lowest BCUT2D eigenvalue weighted by Gasteiger charge is -2.24. The van der Waals surface area contributed by atoms with E-state index in [1.807, 2.05) is 0 Å². The van der Waals surface area contributed by atoms with Crippen LogP contribution in [0.5, 0.6) is 0 Å². The molecule has 0 unspecified atom stereocenters. The average molecular weight is 363 g/mol. The zero-order chi connectivity index (χ0) is 17.6. The lowest BCUT2D eigenvalue weighted by molar-refractivity contribution is 0.334. The minimum atomic E-state index is -0.391. The molecule has 2 N–H and O–H groups in total. The largest absolute Gasteiger partial charge is 0.424 e. The van der Waals surface area contributed by atoms with E-state index in [1.54, 1.807) is 0 Å². The fraction of sp³-hybridized carbons (Fsp3) is 1.00. The monoisotopic (exact) mass is 362 g/mol. The van der Waals surface area contributed by atoms with Crippen LogP contribution in [0.4, 0.5) is 0 Å². The van der Waals surface area contributed by atoms with Gasteiger partial charge in [0, 0.05) is 13.2 Å². The van der Waals surface area contributed by atoms with Crippen LogP contribution in [-0.4, -0.2) is 58.9 Å². The van der Waals surface area contributed by atoms with Crippen molar-refractivity contribution in [2.24, 2.45) is 0 Å². The SMILES string of the molecule is CCO[SiH2]C(C)(C)CCNCCCNCCC(C)(C)[SiH2]OCC. The summed E-state index contributed by atoms with van der Waals surface area (Å²) in [5.41, 5.74) is 0. The van der Waals surface area contributed by atoms with E-state index in [9.17, 15) is 0 Å². The van der Waals surface area contributed by atoms with E-state index in [-0.39, 0.29) is 0 Å². The van der Waals surface area contributed by atoms with Gasteiger partial charge in [0.25, 0.3) is 0 Å². The Labute approximate surface area is 149 Å². The van der Waals surface area contributed by atoms with Gasteiger partial charge < -0.3 is 19.5 Å². The van der Waals surface area contributed by atoms with E-state index >= 15 is 0 Å². The van der Waals surface area contributed by atoms with E-state index in [1.165, 1.54) is 19.3 Å². The second kappa shape index (κ2) is 13.6. The highest BCUT2D eigenvalue weighted by molar-refractivity contribution is 6.32. The van der Waals surface area contributed by atoms with Crippen molar-refractivity contribution >= 4 is 19.5 Å². The minimum Gasteiger partial charge on any atom is -0.424 e. The molecule has 0 aliphatic rings. The summed E-state index contributed by atoms with van der Waals surface area (Å²) < 4.78 is 11.3. The van der Waals surface area contributed by atoms with Gasteiger partial charge in [0.1, 0.15) is 0 Å². The number of hydrogen-bond donors (Lipinski definition) is 2. The van der Waals surface area contributed by atoms with E-state index < -0.39 is 19.5 Å². The van der Waals surface area contributed by atoms with Crippen molar-refractivity contribution in [3.05, 3.63) is 0 Å². The summed E-state index contributed by atoms with van der Waals surface area (Å²) in [6.45, 7) is 19.7. The van der Waals surface area contributed by atoms with Crippen molar-refractivity contribution in [1.82, 2.24) is 10.6 Å². The number of rotatable bonds is 16. The maximum atomic E-state index is 5.67. The third kappa shape index (κ3) is 15.5. The van der Waals surface area contributed by atoms with E-state index in [4.69, 9.17) is 8.85 Å². The second-order valence-corrected chi connectivity index (χ2v) is 13.2. The van der Waals surface area contributed by atoms with Crippen LogP contribution in [0, 0.1) is 0 Å². The molecule has 0 spiro atoms. The Balaban J connectivity index is 3.43. The van der Waals surface area contributed by atoms with Crippen LogP contribution in [0.2, 0.25) is 10.1 Å². The summed E-state index contributed by atoms with van der Waals surface area (Å²) in [5, 5.41) is 7.96. The quantitative estimate of drug-likeness (QED) is 0.325. The van der Waals surface area contributed by atoms with Gasteiger partial charge >= 0.3 is 0 Å². The van der Waals surface area contributed by atoms with Gasteiger partial charge in [-0.05, 0) is 69.4 Å². The topological polar surface area (TPSA) is 42.5 Å². The van der Waals surface area contributed by atoms with Crippen LogP contribution in [0.15, 0.2) is 0 Å². The van der Waals surface area contributed by atoms with Crippen LogP contribution in [-0.2, 0) is 8.85 Å². The Bertz CT molecular complexity index is 251. The van der Waals surface area contributed by atoms with Crippen molar-refractivity contribution < 1.29 is 8.85 Å². The van der Waals surface area contributed by atoms with Crippen molar-refractivity contribution in [1.29, 1.82) is 0 Å². The predicted molar refractivity (Wildman–Crippen MR) is 108 cm³/mol. The first kappa shape index (κ1) is 23.3. The first-order valence-corrected chi connectivity index (χ1v) is 12.0. The van der Waals surface area contributed by atoms with Crippen LogP contribution < -0.4 is 10.6 Å².